The Morgan fingerprint density at radius 1 is 1.21 bits per heavy atom. The quantitative estimate of drug-likeness (QED) is 0.550. The van der Waals surface area contributed by atoms with Crippen LogP contribution in [0.25, 0.3) is 0 Å². The van der Waals surface area contributed by atoms with E-state index >= 15 is 0 Å². The summed E-state index contributed by atoms with van der Waals surface area (Å²) < 4.78 is 0. The predicted octanol–water partition coefficient (Wildman–Crippen LogP) is 1.10. The van der Waals surface area contributed by atoms with Gasteiger partial charge in [-0.3, -0.25) is 10.6 Å². The molecule has 1 aromatic rings. The van der Waals surface area contributed by atoms with Gasteiger partial charge in [0.25, 0.3) is 5.91 Å². The van der Waals surface area contributed by atoms with Crippen LogP contribution < -0.4 is 11.3 Å². The van der Waals surface area contributed by atoms with Gasteiger partial charge >= 0.3 is 0 Å². The lowest BCUT2D eigenvalue weighted by Gasteiger charge is -2.37. The maximum Gasteiger partial charge on any atom is 0.254 e. The van der Waals surface area contributed by atoms with E-state index in [1.807, 2.05) is 4.90 Å². The van der Waals surface area contributed by atoms with Crippen LogP contribution in [0.3, 0.4) is 0 Å². The van der Waals surface area contributed by atoms with Gasteiger partial charge in [-0.2, -0.15) is 0 Å². The number of hydrogen-bond donors (Lipinski definition) is 3. The second kappa shape index (κ2) is 4.83. The highest BCUT2D eigenvalue weighted by atomic mass is 16.3. The van der Waals surface area contributed by atoms with Crippen LogP contribution in [0, 0.1) is 0 Å². The summed E-state index contributed by atoms with van der Waals surface area (Å²) in [6, 6.07) is 7.59. The second-order valence-electron chi connectivity index (χ2n) is 5.44. The van der Waals surface area contributed by atoms with Crippen molar-refractivity contribution in [3.63, 3.8) is 0 Å². The minimum atomic E-state index is -0.245. The molecular weight excluding hydrogens is 242 g/mol. The summed E-state index contributed by atoms with van der Waals surface area (Å²) in [4.78, 5) is 14.5. The standard InChI is InChI=1S/C14H19N3O2/c15-16-10-3-1-9(2-4-10)14(19)17-11-5-6-12(17)8-13(18)7-11/h1-4,11-13,16,18H,5-8,15H2. The van der Waals surface area contributed by atoms with E-state index in [4.69, 9.17) is 5.84 Å². The molecule has 2 aliphatic rings. The number of anilines is 1. The van der Waals surface area contributed by atoms with Gasteiger partial charge in [0.2, 0.25) is 0 Å². The lowest BCUT2D eigenvalue weighted by atomic mass is 9.98. The summed E-state index contributed by atoms with van der Waals surface area (Å²) in [5, 5.41) is 9.77. The lowest BCUT2D eigenvalue weighted by Crippen LogP contribution is -2.47. The third-order valence-corrected chi connectivity index (χ3v) is 4.24. The highest BCUT2D eigenvalue weighted by Crippen LogP contribution is 2.36. The van der Waals surface area contributed by atoms with Gasteiger partial charge in [0.1, 0.15) is 0 Å². The zero-order valence-electron chi connectivity index (χ0n) is 10.7. The van der Waals surface area contributed by atoms with Crippen molar-refractivity contribution in [2.24, 2.45) is 5.84 Å². The van der Waals surface area contributed by atoms with Crippen LogP contribution in [0.1, 0.15) is 36.0 Å². The van der Waals surface area contributed by atoms with Gasteiger partial charge in [-0.1, -0.05) is 0 Å². The van der Waals surface area contributed by atoms with Gasteiger partial charge in [0.05, 0.1) is 6.10 Å². The van der Waals surface area contributed by atoms with Crippen molar-refractivity contribution in [1.82, 2.24) is 4.90 Å². The normalized spacial score (nSPS) is 29.4. The Balaban J connectivity index is 1.80. The van der Waals surface area contributed by atoms with Gasteiger partial charge in [-0.05, 0) is 49.9 Å². The zero-order chi connectivity index (χ0) is 13.4. The van der Waals surface area contributed by atoms with Gasteiger partial charge in [0, 0.05) is 23.3 Å². The number of carbonyl (C=O) groups is 1. The van der Waals surface area contributed by atoms with E-state index in [0.717, 1.165) is 18.5 Å². The molecule has 0 spiro atoms. The van der Waals surface area contributed by atoms with E-state index in [0.29, 0.717) is 18.4 Å². The average Bonchev–Trinajstić information content (AvgIpc) is 2.70. The van der Waals surface area contributed by atoms with Crippen LogP contribution >= 0.6 is 0 Å². The van der Waals surface area contributed by atoms with Gasteiger partial charge < -0.3 is 15.4 Å². The topological polar surface area (TPSA) is 78.6 Å². The first-order valence-corrected chi connectivity index (χ1v) is 6.76. The predicted molar refractivity (Wildman–Crippen MR) is 72.5 cm³/mol. The number of rotatable bonds is 2. The molecule has 2 atom stereocenters. The zero-order valence-corrected chi connectivity index (χ0v) is 10.7. The molecule has 19 heavy (non-hydrogen) atoms. The number of piperidine rings is 1. The summed E-state index contributed by atoms with van der Waals surface area (Å²) in [7, 11) is 0. The number of amides is 1. The fourth-order valence-electron chi connectivity index (χ4n) is 3.34. The number of aliphatic hydroxyl groups is 1. The molecule has 2 bridgehead atoms. The number of nitrogens with zero attached hydrogens (tertiary/aromatic N) is 1. The van der Waals surface area contributed by atoms with E-state index in [1.165, 1.54) is 0 Å². The molecule has 3 rings (SSSR count). The minimum absolute atomic E-state index is 0.0722. The first-order valence-electron chi connectivity index (χ1n) is 6.76. The smallest absolute Gasteiger partial charge is 0.254 e. The molecule has 5 heteroatoms. The fourth-order valence-corrected chi connectivity index (χ4v) is 3.34. The lowest BCUT2D eigenvalue weighted by molar-refractivity contribution is 0.0287. The van der Waals surface area contributed by atoms with Crippen molar-refractivity contribution in [3.05, 3.63) is 29.8 Å². The first-order chi connectivity index (χ1) is 9.19. The number of fused-ring (bicyclic) bond motifs is 2. The number of carbonyl (C=O) groups excluding carboxylic acids is 1. The molecule has 4 N–H and O–H groups in total. The highest BCUT2D eigenvalue weighted by Gasteiger charge is 2.42. The Morgan fingerprint density at radius 2 is 1.79 bits per heavy atom. The van der Waals surface area contributed by atoms with E-state index < -0.39 is 0 Å². The molecule has 2 aliphatic heterocycles. The van der Waals surface area contributed by atoms with Crippen LogP contribution in [0.15, 0.2) is 24.3 Å². The molecule has 1 aromatic carbocycles. The van der Waals surface area contributed by atoms with Crippen molar-refractivity contribution >= 4 is 11.6 Å². The number of aliphatic hydroxyl groups excluding tert-OH is 1. The summed E-state index contributed by atoms with van der Waals surface area (Å²) in [6.45, 7) is 0. The highest BCUT2D eigenvalue weighted by molar-refractivity contribution is 5.95. The Labute approximate surface area is 112 Å². The largest absolute Gasteiger partial charge is 0.393 e. The average molecular weight is 261 g/mol. The third-order valence-electron chi connectivity index (χ3n) is 4.24. The monoisotopic (exact) mass is 261 g/mol. The van der Waals surface area contributed by atoms with E-state index in [2.05, 4.69) is 5.43 Å². The summed E-state index contributed by atoms with van der Waals surface area (Å²) in [5.41, 5.74) is 4.02. The molecule has 2 saturated heterocycles. The van der Waals surface area contributed by atoms with Crippen molar-refractivity contribution in [2.45, 2.75) is 43.9 Å². The Kier molecular flexibility index (Phi) is 3.16. The number of nitrogen functional groups attached to an aromatic ring is 1. The summed E-state index contributed by atoms with van der Waals surface area (Å²) in [5.74, 6) is 5.39. The van der Waals surface area contributed by atoms with Gasteiger partial charge in [0.15, 0.2) is 0 Å². The number of benzene rings is 1. The molecule has 0 aliphatic carbocycles. The SMILES string of the molecule is NNc1ccc(C(=O)N2C3CCC2CC(O)C3)cc1. The van der Waals surface area contributed by atoms with Crippen molar-refractivity contribution in [2.75, 3.05) is 5.43 Å². The maximum atomic E-state index is 12.6. The van der Waals surface area contributed by atoms with Crippen molar-refractivity contribution in [1.29, 1.82) is 0 Å². The molecule has 0 radical (unpaired) electrons. The van der Waals surface area contributed by atoms with Crippen LogP contribution in [0.2, 0.25) is 0 Å². The van der Waals surface area contributed by atoms with Gasteiger partial charge in [-0.15, -0.1) is 0 Å². The molecule has 0 saturated carbocycles. The van der Waals surface area contributed by atoms with E-state index in [1.54, 1.807) is 24.3 Å². The molecule has 0 aromatic heterocycles. The van der Waals surface area contributed by atoms with Crippen LogP contribution in [0.4, 0.5) is 5.69 Å². The number of nitrogens with one attached hydrogen (secondary N) is 1. The van der Waals surface area contributed by atoms with E-state index in [-0.39, 0.29) is 24.1 Å². The van der Waals surface area contributed by atoms with Gasteiger partial charge in [-0.25, -0.2) is 0 Å². The van der Waals surface area contributed by atoms with Crippen LogP contribution in [-0.4, -0.2) is 34.1 Å². The maximum absolute atomic E-state index is 12.6. The summed E-state index contributed by atoms with van der Waals surface area (Å²) >= 11 is 0. The molecular formula is C14H19N3O2. The molecule has 2 fully saturated rings. The number of hydrazine groups is 1. The molecule has 2 unspecified atom stereocenters. The van der Waals surface area contributed by atoms with Crippen LogP contribution in [-0.2, 0) is 0 Å². The van der Waals surface area contributed by atoms with Crippen molar-refractivity contribution < 1.29 is 9.90 Å². The Morgan fingerprint density at radius 3 is 2.32 bits per heavy atom. The first kappa shape index (κ1) is 12.4. The van der Waals surface area contributed by atoms with Crippen LogP contribution in [0.5, 0.6) is 0 Å². The number of nitrogens with two attached hydrogens (primary N) is 1. The fraction of sp³-hybridized carbons (Fsp3) is 0.500. The van der Waals surface area contributed by atoms with E-state index in [9.17, 15) is 9.90 Å². The molecule has 2 heterocycles. The molecule has 5 nitrogen and oxygen atoms in total. The number of hydrogen-bond acceptors (Lipinski definition) is 4. The second-order valence-corrected chi connectivity index (χ2v) is 5.44. The third kappa shape index (κ3) is 2.19. The minimum Gasteiger partial charge on any atom is -0.393 e. The Bertz CT molecular complexity index is 460. The molecule has 102 valence electrons. The Hall–Kier alpha value is -1.59. The molecule has 1 amide bonds. The van der Waals surface area contributed by atoms with Crippen molar-refractivity contribution in [3.8, 4) is 0 Å². The summed E-state index contributed by atoms with van der Waals surface area (Å²) in [6.07, 6.45) is 3.20.